The number of amides is 1. The molecule has 0 aliphatic carbocycles. The second kappa shape index (κ2) is 19.3. The van der Waals surface area contributed by atoms with Crippen LogP contribution in [0.3, 0.4) is 0 Å². The fraction of sp³-hybridized carbons (Fsp3) is 0.535. The molecule has 3 heterocycles. The molecule has 3 aliphatic rings. The minimum absolute atomic E-state index is 0.0206. The number of hydrogen-bond acceptors (Lipinski definition) is 15. The second-order valence-electron chi connectivity index (χ2n) is 15.6. The van der Waals surface area contributed by atoms with Crippen LogP contribution in [0.25, 0.3) is 10.8 Å². The first kappa shape index (κ1) is 46.5. The zero-order valence-electron chi connectivity index (χ0n) is 35.4. The van der Waals surface area contributed by atoms with E-state index in [1.807, 2.05) is 13.8 Å². The van der Waals surface area contributed by atoms with Gasteiger partial charge in [0.05, 0.1) is 65.7 Å². The summed E-state index contributed by atoms with van der Waals surface area (Å²) in [6.45, 7) is 16.3. The highest BCUT2D eigenvalue weighted by atomic mass is 16.7. The highest BCUT2D eigenvalue weighted by molar-refractivity contribution is 6.23. The van der Waals surface area contributed by atoms with Crippen molar-refractivity contribution in [1.29, 1.82) is 0 Å². The Morgan fingerprint density at radius 2 is 1.64 bits per heavy atom. The molecular weight excluding hydrogens is 768 g/mol. The topological polar surface area (TPSA) is 232 Å². The molecule has 0 fully saturated rings. The molecule has 5 rings (SSSR count). The number of esters is 1. The lowest BCUT2D eigenvalue weighted by Crippen LogP contribution is -2.46. The number of benzene rings is 2. The van der Waals surface area contributed by atoms with E-state index in [-0.39, 0.29) is 63.8 Å². The predicted molar refractivity (Wildman–Crippen MR) is 218 cm³/mol. The summed E-state index contributed by atoms with van der Waals surface area (Å²) < 4.78 is 28.9. The number of aromatic hydroxyl groups is 3. The van der Waals surface area contributed by atoms with Crippen molar-refractivity contribution in [1.82, 2.24) is 0 Å². The molecule has 59 heavy (non-hydrogen) atoms. The standard InChI is InChI=1S/C43H58N2O14/c1-20(2)55-17-18-57-44-19-28-33-38(51)31-30(37(28)50)32-40(26(8)36(31)49)59-43(10,41(32)52)56-16-15-29(54-11)23(5)39(58-27(9)46)25(7)35(48)24(6)34(47)21(3)13-12-14-22(4)42(53)45-33/h12-16,19-21,23-25,29,34-35,39,47-51H,17-18H2,1-11H3,(H,45,53)/b13-12+,16-15+,22-14-,44-19+. The molecule has 0 aromatic heterocycles. The molecule has 2 aromatic carbocycles. The summed E-state index contributed by atoms with van der Waals surface area (Å²) in [7, 11) is 1.42. The Labute approximate surface area is 344 Å². The van der Waals surface area contributed by atoms with Gasteiger partial charge in [-0.1, -0.05) is 51.1 Å². The molecule has 16 nitrogen and oxygen atoms in total. The molecule has 3 aliphatic heterocycles. The monoisotopic (exact) mass is 826 g/mol. The number of aliphatic hydroxyl groups excluding tert-OH is 2. The zero-order valence-corrected chi connectivity index (χ0v) is 35.4. The Kier molecular flexibility index (Phi) is 15.2. The summed E-state index contributed by atoms with van der Waals surface area (Å²) in [4.78, 5) is 45.6. The lowest BCUT2D eigenvalue weighted by Gasteiger charge is -2.38. The number of nitrogens with one attached hydrogen (secondary N) is 1. The van der Waals surface area contributed by atoms with Gasteiger partial charge in [-0.3, -0.25) is 14.4 Å². The number of aliphatic hydroxyl groups is 2. The highest BCUT2D eigenvalue weighted by Crippen LogP contribution is 2.55. The van der Waals surface area contributed by atoms with E-state index in [1.54, 1.807) is 39.8 Å². The van der Waals surface area contributed by atoms with Crippen molar-refractivity contribution in [3.63, 3.8) is 0 Å². The number of phenols is 3. The fourth-order valence-corrected chi connectivity index (χ4v) is 7.34. The van der Waals surface area contributed by atoms with E-state index < -0.39 is 88.8 Å². The minimum Gasteiger partial charge on any atom is -0.507 e. The molecular formula is C43H58N2O14. The number of ether oxygens (including phenoxy) is 5. The number of anilines is 1. The molecule has 2 aromatic rings. The second-order valence-corrected chi connectivity index (χ2v) is 15.6. The molecule has 6 N–H and O–H groups in total. The molecule has 1 amide bonds. The van der Waals surface area contributed by atoms with E-state index in [9.17, 15) is 39.9 Å². The Morgan fingerprint density at radius 1 is 0.966 bits per heavy atom. The van der Waals surface area contributed by atoms with E-state index in [2.05, 4.69) is 10.5 Å². The summed E-state index contributed by atoms with van der Waals surface area (Å²) in [5.74, 6) is -8.76. The lowest BCUT2D eigenvalue weighted by molar-refractivity contribution is -0.160. The van der Waals surface area contributed by atoms with Crippen molar-refractivity contribution in [2.45, 2.75) is 106 Å². The molecule has 0 spiro atoms. The SMILES string of the molecule is COC1/C=C/OC2(C)Oc3c(C)c(O)c4c(O)c(c(/C=N/OCCOC(C)C)c(O)c4c3C2=O)NC(=O)/C(C)=C\C=C\C(C)C(O)C(C)C(O)C(C)C(OC(C)=O)C1C. The van der Waals surface area contributed by atoms with Gasteiger partial charge in [0.2, 0.25) is 0 Å². The van der Waals surface area contributed by atoms with Gasteiger partial charge in [-0.25, -0.2) is 0 Å². The van der Waals surface area contributed by atoms with Crippen LogP contribution in [0.4, 0.5) is 5.69 Å². The maximum Gasteiger partial charge on any atom is 0.312 e. The van der Waals surface area contributed by atoms with Crippen LogP contribution in [0.5, 0.6) is 23.0 Å². The fourth-order valence-electron chi connectivity index (χ4n) is 7.34. The zero-order chi connectivity index (χ0) is 44.1. The average molecular weight is 827 g/mol. The minimum atomic E-state index is -2.07. The van der Waals surface area contributed by atoms with Crippen LogP contribution in [0.2, 0.25) is 0 Å². The van der Waals surface area contributed by atoms with Gasteiger partial charge in [-0.05, 0) is 33.8 Å². The van der Waals surface area contributed by atoms with Crippen molar-refractivity contribution in [2.24, 2.45) is 28.8 Å². The van der Waals surface area contributed by atoms with Crippen LogP contribution >= 0.6 is 0 Å². The first-order chi connectivity index (χ1) is 27.7. The summed E-state index contributed by atoms with van der Waals surface area (Å²) >= 11 is 0. The van der Waals surface area contributed by atoms with Gasteiger partial charge in [-0.15, -0.1) is 0 Å². The number of fused-ring (bicyclic) bond motifs is 14. The number of rotatable bonds is 8. The van der Waals surface area contributed by atoms with Crippen LogP contribution in [0.15, 0.2) is 41.3 Å². The van der Waals surface area contributed by atoms with Gasteiger partial charge in [0.1, 0.15) is 30.0 Å². The number of nitrogens with zero attached hydrogens (tertiary/aromatic N) is 1. The van der Waals surface area contributed by atoms with E-state index in [4.69, 9.17) is 28.5 Å². The molecule has 0 saturated carbocycles. The number of oxime groups is 1. The Morgan fingerprint density at radius 3 is 2.27 bits per heavy atom. The van der Waals surface area contributed by atoms with Crippen LogP contribution in [-0.4, -0.2) is 106 Å². The van der Waals surface area contributed by atoms with Crippen LogP contribution in [0.1, 0.15) is 83.8 Å². The first-order valence-corrected chi connectivity index (χ1v) is 19.5. The number of ketones is 1. The van der Waals surface area contributed by atoms with E-state index in [0.717, 1.165) is 6.21 Å². The highest BCUT2D eigenvalue weighted by Gasteiger charge is 2.50. The molecule has 16 heteroatoms. The van der Waals surface area contributed by atoms with Crippen LogP contribution in [0, 0.1) is 30.6 Å². The average Bonchev–Trinajstić information content (AvgIpc) is 3.45. The number of phenolic OH excluding ortho intramolecular Hbond substituents is 3. The first-order valence-electron chi connectivity index (χ1n) is 19.5. The van der Waals surface area contributed by atoms with Crippen molar-refractivity contribution in [2.75, 3.05) is 25.6 Å². The van der Waals surface area contributed by atoms with E-state index in [0.29, 0.717) is 0 Å². The third-order valence-corrected chi connectivity index (χ3v) is 10.9. The smallest absolute Gasteiger partial charge is 0.312 e. The quantitative estimate of drug-likeness (QED) is 0.0480. The van der Waals surface area contributed by atoms with Crippen molar-refractivity contribution in [3.05, 3.63) is 52.8 Å². The number of Topliss-reactive ketones (excluding diaryl/α,β-unsaturated/α-hetero) is 1. The van der Waals surface area contributed by atoms with Gasteiger partial charge in [0.15, 0.2) is 5.75 Å². The predicted octanol–water partition coefficient (Wildman–Crippen LogP) is 5.53. The summed E-state index contributed by atoms with van der Waals surface area (Å²) in [6.07, 6.45) is 4.37. The van der Waals surface area contributed by atoms with E-state index >= 15 is 0 Å². The molecule has 0 saturated heterocycles. The number of methoxy groups -OCH3 is 1. The third kappa shape index (κ3) is 9.84. The van der Waals surface area contributed by atoms with Gasteiger partial charge in [-0.2, -0.15) is 0 Å². The van der Waals surface area contributed by atoms with Crippen LogP contribution in [-0.2, 0) is 33.4 Å². The lowest BCUT2D eigenvalue weighted by atomic mass is 9.78. The number of allylic oxidation sites excluding steroid dienone is 2. The molecule has 9 unspecified atom stereocenters. The third-order valence-electron chi connectivity index (χ3n) is 10.9. The summed E-state index contributed by atoms with van der Waals surface area (Å²) in [5, 5.41) is 63.9. The Bertz CT molecular complexity index is 2020. The number of hydrogen-bond donors (Lipinski definition) is 6. The molecule has 9 atom stereocenters. The van der Waals surface area contributed by atoms with Crippen molar-refractivity contribution in [3.8, 4) is 23.0 Å². The largest absolute Gasteiger partial charge is 0.507 e. The van der Waals surface area contributed by atoms with Gasteiger partial charge >= 0.3 is 11.8 Å². The maximum atomic E-state index is 14.4. The molecule has 5 bridgehead atoms. The van der Waals surface area contributed by atoms with Crippen molar-refractivity contribution < 1.29 is 68.4 Å². The maximum absolute atomic E-state index is 14.4. The molecule has 324 valence electrons. The Balaban J connectivity index is 1.94. The Hall–Kier alpha value is -5.16. The van der Waals surface area contributed by atoms with Gasteiger partial charge < -0.3 is 59.4 Å². The summed E-state index contributed by atoms with van der Waals surface area (Å²) in [5.41, 5.74) is -0.693. The molecule has 0 radical (unpaired) electrons. The van der Waals surface area contributed by atoms with Crippen LogP contribution < -0.4 is 10.1 Å². The van der Waals surface area contributed by atoms with Gasteiger partial charge in [0, 0.05) is 61.2 Å². The number of carbonyl (C=O) groups is 3. The van der Waals surface area contributed by atoms with E-state index in [1.165, 1.54) is 53.2 Å². The normalized spacial score (nSPS) is 30.2. The number of carbonyl (C=O) groups excluding carboxylic acids is 3. The summed E-state index contributed by atoms with van der Waals surface area (Å²) in [6, 6.07) is 0. The van der Waals surface area contributed by atoms with Gasteiger partial charge in [0.25, 0.3) is 11.7 Å². The van der Waals surface area contributed by atoms with Crippen molar-refractivity contribution >= 4 is 40.3 Å².